The molecule has 0 aliphatic carbocycles. The van der Waals surface area contributed by atoms with Crippen molar-refractivity contribution in [2.75, 3.05) is 13.1 Å². The zero-order valence-corrected chi connectivity index (χ0v) is 6.88. The van der Waals surface area contributed by atoms with E-state index in [1.54, 1.807) is 0 Å². The van der Waals surface area contributed by atoms with Gasteiger partial charge in [0.1, 0.15) is 0 Å². The maximum Gasteiger partial charge on any atom is 0.305 e. The molecule has 2 saturated heterocycles. The van der Waals surface area contributed by atoms with Crippen LogP contribution in [0, 0.1) is 0 Å². The molecule has 2 fully saturated rings. The Morgan fingerprint density at radius 2 is 2.42 bits per heavy atom. The number of nitrogens with one attached hydrogen (secondary N) is 1. The van der Waals surface area contributed by atoms with Crippen LogP contribution < -0.4 is 5.32 Å². The van der Waals surface area contributed by atoms with Gasteiger partial charge in [0.25, 0.3) is 0 Å². The van der Waals surface area contributed by atoms with E-state index < -0.39 is 5.97 Å². The minimum Gasteiger partial charge on any atom is -0.481 e. The molecule has 2 N–H and O–H groups in total. The number of hydrogen-bond acceptors (Lipinski definition) is 3. The van der Waals surface area contributed by atoms with Gasteiger partial charge in [0, 0.05) is 13.1 Å². The number of aliphatic carboxylic acids is 1. The first-order valence-electron chi connectivity index (χ1n) is 4.31. The molecule has 0 aromatic carbocycles. The summed E-state index contributed by atoms with van der Waals surface area (Å²) < 4.78 is 5.65. The Labute approximate surface area is 70.9 Å². The van der Waals surface area contributed by atoms with E-state index in [0.717, 1.165) is 25.9 Å². The molecule has 4 heteroatoms. The Hall–Kier alpha value is -0.610. The molecule has 0 saturated carbocycles. The van der Waals surface area contributed by atoms with Crippen molar-refractivity contribution in [1.29, 1.82) is 0 Å². The molecule has 1 unspecified atom stereocenters. The summed E-state index contributed by atoms with van der Waals surface area (Å²) in [6.45, 7) is 1.78. The first-order chi connectivity index (χ1) is 5.70. The highest BCUT2D eigenvalue weighted by Crippen LogP contribution is 2.34. The van der Waals surface area contributed by atoms with Gasteiger partial charge in [0.15, 0.2) is 0 Å². The van der Waals surface area contributed by atoms with Gasteiger partial charge in [-0.3, -0.25) is 4.79 Å². The molecule has 68 valence electrons. The van der Waals surface area contributed by atoms with Crippen LogP contribution in [0.25, 0.3) is 0 Å². The smallest absolute Gasteiger partial charge is 0.305 e. The second-order valence-electron chi connectivity index (χ2n) is 3.66. The van der Waals surface area contributed by atoms with Crippen molar-refractivity contribution in [1.82, 2.24) is 5.32 Å². The Bertz CT molecular complexity index is 200. The molecule has 12 heavy (non-hydrogen) atoms. The molecule has 1 spiro atoms. The topological polar surface area (TPSA) is 58.6 Å². The van der Waals surface area contributed by atoms with Crippen molar-refractivity contribution < 1.29 is 14.6 Å². The van der Waals surface area contributed by atoms with E-state index in [9.17, 15) is 4.79 Å². The molecule has 0 bridgehead atoms. The molecule has 0 amide bonds. The van der Waals surface area contributed by atoms with E-state index in [1.807, 2.05) is 0 Å². The molecule has 0 radical (unpaired) electrons. The molecule has 0 aromatic rings. The highest BCUT2D eigenvalue weighted by molar-refractivity contribution is 5.67. The van der Waals surface area contributed by atoms with Crippen LogP contribution in [0.1, 0.15) is 19.3 Å². The predicted molar refractivity (Wildman–Crippen MR) is 42.0 cm³/mol. The summed E-state index contributed by atoms with van der Waals surface area (Å²) in [5, 5.41) is 11.7. The van der Waals surface area contributed by atoms with Gasteiger partial charge in [0.05, 0.1) is 18.1 Å². The van der Waals surface area contributed by atoms with E-state index >= 15 is 0 Å². The summed E-state index contributed by atoms with van der Waals surface area (Å²) in [6, 6.07) is 0. The molecule has 2 heterocycles. The third kappa shape index (κ3) is 1.32. The molecule has 0 aromatic heterocycles. The van der Waals surface area contributed by atoms with Crippen molar-refractivity contribution in [2.45, 2.75) is 31.0 Å². The van der Waals surface area contributed by atoms with Crippen LogP contribution >= 0.6 is 0 Å². The largest absolute Gasteiger partial charge is 0.481 e. The lowest BCUT2D eigenvalue weighted by Gasteiger charge is -2.38. The fourth-order valence-electron chi connectivity index (χ4n) is 1.90. The van der Waals surface area contributed by atoms with Gasteiger partial charge in [0.2, 0.25) is 0 Å². The lowest BCUT2D eigenvalue weighted by molar-refractivity contribution is -0.142. The van der Waals surface area contributed by atoms with Crippen molar-refractivity contribution in [3.05, 3.63) is 0 Å². The summed E-state index contributed by atoms with van der Waals surface area (Å²) >= 11 is 0. The van der Waals surface area contributed by atoms with Crippen LogP contribution in [0.15, 0.2) is 0 Å². The summed E-state index contributed by atoms with van der Waals surface area (Å²) in [4.78, 5) is 10.4. The molecule has 2 rings (SSSR count). The first kappa shape index (κ1) is 8.01. The minimum atomic E-state index is -0.760. The van der Waals surface area contributed by atoms with Gasteiger partial charge in [-0.1, -0.05) is 0 Å². The van der Waals surface area contributed by atoms with Crippen LogP contribution in [0.3, 0.4) is 0 Å². The predicted octanol–water partition coefficient (Wildman–Crippen LogP) is -0.0179. The van der Waals surface area contributed by atoms with E-state index in [0.29, 0.717) is 0 Å². The summed E-state index contributed by atoms with van der Waals surface area (Å²) in [6.07, 6.45) is 2.01. The average Bonchev–Trinajstić information content (AvgIpc) is 2.29. The third-order valence-corrected chi connectivity index (χ3v) is 2.64. The Balaban J connectivity index is 1.85. The number of hydrogen-bond donors (Lipinski definition) is 2. The molecule has 1 atom stereocenters. The van der Waals surface area contributed by atoms with E-state index in [-0.39, 0.29) is 18.1 Å². The molecule has 2 aliphatic rings. The van der Waals surface area contributed by atoms with Gasteiger partial charge in [-0.25, -0.2) is 0 Å². The maximum absolute atomic E-state index is 10.4. The Kier molecular flexibility index (Phi) is 1.81. The Morgan fingerprint density at radius 3 is 2.83 bits per heavy atom. The number of carbonyl (C=O) groups is 1. The molecular weight excluding hydrogens is 158 g/mol. The third-order valence-electron chi connectivity index (χ3n) is 2.64. The fraction of sp³-hybridized carbons (Fsp3) is 0.875. The van der Waals surface area contributed by atoms with Crippen LogP contribution in [0.2, 0.25) is 0 Å². The summed E-state index contributed by atoms with van der Waals surface area (Å²) in [5.41, 5.74) is 0.000116. The van der Waals surface area contributed by atoms with Crippen LogP contribution in [-0.2, 0) is 9.53 Å². The van der Waals surface area contributed by atoms with Gasteiger partial charge < -0.3 is 15.2 Å². The van der Waals surface area contributed by atoms with Crippen LogP contribution in [0.5, 0.6) is 0 Å². The first-order valence-corrected chi connectivity index (χ1v) is 4.31. The SMILES string of the molecule is O=C(O)CC1CCC2(CNC2)O1. The highest BCUT2D eigenvalue weighted by Gasteiger charge is 2.45. The maximum atomic E-state index is 10.4. The number of carboxylic acid groups (broad SMARTS) is 1. The normalized spacial score (nSPS) is 31.8. The quantitative estimate of drug-likeness (QED) is 0.613. The Morgan fingerprint density at radius 1 is 1.67 bits per heavy atom. The molecule has 2 aliphatic heterocycles. The standard InChI is InChI=1S/C8H13NO3/c10-7(11)3-6-1-2-8(12-6)4-9-5-8/h6,9H,1-5H2,(H,10,11). The summed E-state index contributed by atoms with van der Waals surface area (Å²) in [5.74, 6) is -0.760. The number of ether oxygens (including phenoxy) is 1. The zero-order chi connectivity index (χ0) is 8.60. The van der Waals surface area contributed by atoms with Crippen LogP contribution in [-0.4, -0.2) is 35.9 Å². The zero-order valence-electron chi connectivity index (χ0n) is 6.88. The van der Waals surface area contributed by atoms with Gasteiger partial charge in [-0.15, -0.1) is 0 Å². The molecule has 4 nitrogen and oxygen atoms in total. The summed E-state index contributed by atoms with van der Waals surface area (Å²) in [7, 11) is 0. The van der Waals surface area contributed by atoms with Crippen molar-refractivity contribution in [2.24, 2.45) is 0 Å². The highest BCUT2D eigenvalue weighted by atomic mass is 16.5. The van der Waals surface area contributed by atoms with Crippen molar-refractivity contribution in [3.63, 3.8) is 0 Å². The monoisotopic (exact) mass is 171 g/mol. The van der Waals surface area contributed by atoms with E-state index in [1.165, 1.54) is 0 Å². The lowest BCUT2D eigenvalue weighted by atomic mass is 9.93. The average molecular weight is 171 g/mol. The van der Waals surface area contributed by atoms with Gasteiger partial charge in [-0.05, 0) is 12.8 Å². The number of rotatable bonds is 2. The van der Waals surface area contributed by atoms with Gasteiger partial charge >= 0.3 is 5.97 Å². The van der Waals surface area contributed by atoms with Gasteiger partial charge in [-0.2, -0.15) is 0 Å². The minimum absolute atomic E-state index is 0.000116. The lowest BCUT2D eigenvalue weighted by Crippen LogP contribution is -2.59. The second-order valence-corrected chi connectivity index (χ2v) is 3.66. The van der Waals surface area contributed by atoms with Crippen molar-refractivity contribution >= 4 is 5.97 Å². The van der Waals surface area contributed by atoms with E-state index in [4.69, 9.17) is 9.84 Å². The second kappa shape index (κ2) is 2.71. The van der Waals surface area contributed by atoms with E-state index in [2.05, 4.69) is 5.32 Å². The molecular formula is C8H13NO3. The van der Waals surface area contributed by atoms with Crippen LogP contribution in [0.4, 0.5) is 0 Å². The van der Waals surface area contributed by atoms with Crippen molar-refractivity contribution in [3.8, 4) is 0 Å². The number of carboxylic acids is 1. The fourth-order valence-corrected chi connectivity index (χ4v) is 1.90.